The molecule has 3 nitrogen and oxygen atoms in total. The summed E-state index contributed by atoms with van der Waals surface area (Å²) in [5.41, 5.74) is 6.36. The number of nitrogens with two attached hydrogens (primary N) is 1. The second kappa shape index (κ2) is 10.6. The summed E-state index contributed by atoms with van der Waals surface area (Å²) in [6.07, 6.45) is 10.9. The molecule has 0 bridgehead atoms. The van der Waals surface area contributed by atoms with E-state index < -0.39 is 0 Å². The first-order valence-electron chi connectivity index (χ1n) is 6.53. The van der Waals surface area contributed by atoms with E-state index in [1.807, 2.05) is 13.0 Å². The van der Waals surface area contributed by atoms with Crippen molar-refractivity contribution in [3.63, 3.8) is 0 Å². The van der Waals surface area contributed by atoms with Crippen molar-refractivity contribution in [2.75, 3.05) is 0 Å². The molecule has 3 heteroatoms. The Morgan fingerprint density at radius 3 is 2.72 bits per heavy atom. The molecule has 0 radical (unpaired) electrons. The number of carbonyl (C=O) groups excluding carboxylic acids is 1. The van der Waals surface area contributed by atoms with Gasteiger partial charge in [-0.25, -0.2) is 0 Å². The number of hydrogen-bond donors (Lipinski definition) is 1. The molecule has 2 N–H and O–H groups in total. The van der Waals surface area contributed by atoms with E-state index in [9.17, 15) is 4.79 Å². The minimum absolute atomic E-state index is 0.120. The summed E-state index contributed by atoms with van der Waals surface area (Å²) in [7, 11) is 0. The van der Waals surface area contributed by atoms with Crippen LogP contribution in [-0.4, -0.2) is 12.1 Å². The minimum atomic E-state index is -0.137. The van der Waals surface area contributed by atoms with Crippen LogP contribution in [0.25, 0.3) is 0 Å². The summed E-state index contributed by atoms with van der Waals surface area (Å²) in [5, 5.41) is 0. The van der Waals surface area contributed by atoms with Gasteiger partial charge in [0.25, 0.3) is 0 Å². The van der Waals surface area contributed by atoms with Crippen LogP contribution in [0, 0.1) is 0 Å². The topological polar surface area (TPSA) is 52.3 Å². The van der Waals surface area contributed by atoms with Gasteiger partial charge < -0.3 is 10.5 Å². The SMILES string of the molecule is C=C/C=C(\C=C/N)CC(C)OC(=O)CCCCC. The lowest BCUT2D eigenvalue weighted by atomic mass is 10.1. The third-order valence-electron chi connectivity index (χ3n) is 2.48. The van der Waals surface area contributed by atoms with Crippen LogP contribution in [0.15, 0.2) is 36.6 Å². The Labute approximate surface area is 110 Å². The second-order valence-corrected chi connectivity index (χ2v) is 4.30. The van der Waals surface area contributed by atoms with E-state index >= 15 is 0 Å². The summed E-state index contributed by atoms with van der Waals surface area (Å²) < 4.78 is 5.33. The van der Waals surface area contributed by atoms with E-state index in [1.165, 1.54) is 6.20 Å². The Balaban J connectivity index is 4.07. The lowest BCUT2D eigenvalue weighted by Gasteiger charge is -2.13. The standard InChI is InChI=1S/C15H25NO2/c1-4-6-7-9-15(17)18-13(3)12-14(8-5-2)10-11-16/h5,8,10-11,13H,2,4,6-7,9,12,16H2,1,3H3/b11-10-,14-8+. The summed E-state index contributed by atoms with van der Waals surface area (Å²) in [6.45, 7) is 7.64. The van der Waals surface area contributed by atoms with Crippen LogP contribution in [-0.2, 0) is 9.53 Å². The third-order valence-corrected chi connectivity index (χ3v) is 2.48. The van der Waals surface area contributed by atoms with E-state index in [1.54, 1.807) is 12.2 Å². The predicted octanol–water partition coefficient (Wildman–Crippen LogP) is 3.47. The van der Waals surface area contributed by atoms with Gasteiger partial charge >= 0.3 is 5.97 Å². The maximum absolute atomic E-state index is 11.5. The molecular formula is C15H25NO2. The summed E-state index contributed by atoms with van der Waals surface area (Å²) in [5.74, 6) is -0.120. The highest BCUT2D eigenvalue weighted by Gasteiger charge is 2.10. The van der Waals surface area contributed by atoms with Gasteiger partial charge in [-0.15, -0.1) is 0 Å². The number of hydrogen-bond acceptors (Lipinski definition) is 3. The normalized spacial score (nSPS) is 13.6. The van der Waals surface area contributed by atoms with Crippen molar-refractivity contribution in [2.24, 2.45) is 5.73 Å². The molecule has 1 unspecified atom stereocenters. The molecule has 0 aromatic rings. The van der Waals surface area contributed by atoms with Crippen molar-refractivity contribution in [2.45, 2.75) is 52.1 Å². The number of ether oxygens (including phenoxy) is 1. The highest BCUT2D eigenvalue weighted by atomic mass is 16.5. The van der Waals surface area contributed by atoms with Crippen molar-refractivity contribution in [3.8, 4) is 0 Å². The second-order valence-electron chi connectivity index (χ2n) is 4.30. The monoisotopic (exact) mass is 251 g/mol. The quantitative estimate of drug-likeness (QED) is 0.388. The van der Waals surface area contributed by atoms with Crippen molar-refractivity contribution >= 4 is 5.97 Å². The Hall–Kier alpha value is -1.51. The van der Waals surface area contributed by atoms with E-state index in [-0.39, 0.29) is 12.1 Å². The Morgan fingerprint density at radius 2 is 2.17 bits per heavy atom. The molecule has 1 atom stereocenters. The molecule has 0 amide bonds. The van der Waals surface area contributed by atoms with Gasteiger partial charge in [0.2, 0.25) is 0 Å². The first-order chi connectivity index (χ1) is 8.63. The molecule has 0 fully saturated rings. The lowest BCUT2D eigenvalue weighted by molar-refractivity contribution is -0.148. The lowest BCUT2D eigenvalue weighted by Crippen LogP contribution is -2.15. The van der Waals surface area contributed by atoms with E-state index in [4.69, 9.17) is 10.5 Å². The fraction of sp³-hybridized carbons (Fsp3) is 0.533. The molecule has 0 heterocycles. The molecular weight excluding hydrogens is 226 g/mol. The highest BCUT2D eigenvalue weighted by Crippen LogP contribution is 2.11. The molecule has 0 aliphatic carbocycles. The fourth-order valence-corrected chi connectivity index (χ4v) is 1.64. The molecule has 0 saturated heterocycles. The van der Waals surface area contributed by atoms with E-state index in [2.05, 4.69) is 13.5 Å². The van der Waals surface area contributed by atoms with Gasteiger partial charge in [-0.2, -0.15) is 0 Å². The number of rotatable bonds is 9. The number of esters is 1. The molecule has 0 aromatic carbocycles. The molecule has 0 spiro atoms. The van der Waals surface area contributed by atoms with E-state index in [0.29, 0.717) is 12.8 Å². The summed E-state index contributed by atoms with van der Waals surface area (Å²) in [6, 6.07) is 0. The summed E-state index contributed by atoms with van der Waals surface area (Å²) >= 11 is 0. The molecule has 0 aliphatic rings. The number of unbranched alkanes of at least 4 members (excludes halogenated alkanes) is 2. The van der Waals surface area contributed by atoms with Gasteiger partial charge in [-0.05, 0) is 31.2 Å². The zero-order valence-electron chi connectivity index (χ0n) is 11.5. The maximum Gasteiger partial charge on any atom is 0.306 e. The number of allylic oxidation sites excluding steroid dienone is 3. The average molecular weight is 251 g/mol. The van der Waals surface area contributed by atoms with Crippen LogP contribution in [0.1, 0.15) is 46.0 Å². The Kier molecular flexibility index (Phi) is 9.74. The van der Waals surface area contributed by atoms with Gasteiger partial charge in [0.05, 0.1) is 0 Å². The largest absolute Gasteiger partial charge is 0.462 e. The maximum atomic E-state index is 11.5. The molecule has 0 aliphatic heterocycles. The van der Waals surface area contributed by atoms with Gasteiger partial charge in [-0.1, -0.05) is 38.5 Å². The van der Waals surface area contributed by atoms with Crippen LogP contribution in [0.4, 0.5) is 0 Å². The predicted molar refractivity (Wildman–Crippen MR) is 75.9 cm³/mol. The van der Waals surface area contributed by atoms with Crippen LogP contribution >= 0.6 is 0 Å². The Bertz CT molecular complexity index is 306. The Morgan fingerprint density at radius 1 is 1.44 bits per heavy atom. The summed E-state index contributed by atoms with van der Waals surface area (Å²) in [4.78, 5) is 11.5. The molecule has 18 heavy (non-hydrogen) atoms. The third kappa shape index (κ3) is 8.62. The van der Waals surface area contributed by atoms with Crippen molar-refractivity contribution < 1.29 is 9.53 Å². The van der Waals surface area contributed by atoms with E-state index in [0.717, 1.165) is 24.8 Å². The highest BCUT2D eigenvalue weighted by molar-refractivity contribution is 5.69. The van der Waals surface area contributed by atoms with Gasteiger partial charge in [0.1, 0.15) is 6.10 Å². The van der Waals surface area contributed by atoms with Crippen molar-refractivity contribution in [1.29, 1.82) is 0 Å². The number of carbonyl (C=O) groups is 1. The minimum Gasteiger partial charge on any atom is -0.462 e. The fourth-order valence-electron chi connectivity index (χ4n) is 1.64. The van der Waals surface area contributed by atoms with Crippen molar-refractivity contribution in [1.82, 2.24) is 0 Å². The molecule has 102 valence electrons. The zero-order valence-corrected chi connectivity index (χ0v) is 11.5. The van der Waals surface area contributed by atoms with Crippen LogP contribution in [0.3, 0.4) is 0 Å². The first kappa shape index (κ1) is 16.5. The van der Waals surface area contributed by atoms with Gasteiger partial charge in [0.15, 0.2) is 0 Å². The van der Waals surface area contributed by atoms with Crippen LogP contribution in [0.5, 0.6) is 0 Å². The van der Waals surface area contributed by atoms with Gasteiger partial charge in [-0.3, -0.25) is 4.79 Å². The van der Waals surface area contributed by atoms with Crippen LogP contribution in [0.2, 0.25) is 0 Å². The zero-order chi connectivity index (χ0) is 13.8. The van der Waals surface area contributed by atoms with Crippen molar-refractivity contribution in [3.05, 3.63) is 36.6 Å². The molecule has 0 saturated carbocycles. The molecule has 0 rings (SSSR count). The van der Waals surface area contributed by atoms with Crippen LogP contribution < -0.4 is 5.73 Å². The first-order valence-corrected chi connectivity index (χ1v) is 6.53. The average Bonchev–Trinajstić information content (AvgIpc) is 2.29. The smallest absolute Gasteiger partial charge is 0.306 e. The molecule has 0 aromatic heterocycles. The van der Waals surface area contributed by atoms with Gasteiger partial charge in [0, 0.05) is 12.8 Å².